The van der Waals surface area contributed by atoms with Gasteiger partial charge in [0.15, 0.2) is 11.8 Å². The van der Waals surface area contributed by atoms with Gasteiger partial charge in [-0.15, -0.1) is 24.0 Å². The van der Waals surface area contributed by atoms with Gasteiger partial charge >= 0.3 is 6.61 Å². The van der Waals surface area contributed by atoms with Gasteiger partial charge in [-0.2, -0.15) is 13.8 Å². The van der Waals surface area contributed by atoms with E-state index < -0.39 is 6.61 Å². The van der Waals surface area contributed by atoms with Crippen LogP contribution < -0.4 is 20.3 Å². The van der Waals surface area contributed by atoms with E-state index in [1.54, 1.807) is 19.2 Å². The van der Waals surface area contributed by atoms with Crippen molar-refractivity contribution in [2.45, 2.75) is 51.7 Å². The summed E-state index contributed by atoms with van der Waals surface area (Å²) in [4.78, 5) is 10.9. The molecule has 1 fully saturated rings. The SMILES string of the molecule is CN=C(NCCc1nc(C(C)C)no1)NC1CCCN(c2ccc(OC(F)F)cc2)C1.I. The van der Waals surface area contributed by atoms with Gasteiger partial charge < -0.3 is 24.8 Å². The number of nitrogens with one attached hydrogen (secondary N) is 2. The fourth-order valence-corrected chi connectivity index (χ4v) is 3.45. The molecule has 0 spiro atoms. The van der Waals surface area contributed by atoms with Crippen LogP contribution in [0.15, 0.2) is 33.8 Å². The Morgan fingerprint density at radius 1 is 1.31 bits per heavy atom. The molecule has 1 aliphatic rings. The number of nitrogens with zero attached hydrogens (tertiary/aromatic N) is 4. The van der Waals surface area contributed by atoms with E-state index in [1.807, 2.05) is 26.0 Å². The summed E-state index contributed by atoms with van der Waals surface area (Å²) >= 11 is 0. The van der Waals surface area contributed by atoms with Crippen molar-refractivity contribution in [1.82, 2.24) is 20.8 Å². The minimum atomic E-state index is -2.81. The fourth-order valence-electron chi connectivity index (χ4n) is 3.45. The second kappa shape index (κ2) is 12.8. The molecule has 32 heavy (non-hydrogen) atoms. The summed E-state index contributed by atoms with van der Waals surface area (Å²) in [6.45, 7) is 3.56. The molecule has 1 aromatic carbocycles. The number of hydrogen-bond donors (Lipinski definition) is 2. The second-order valence-corrected chi connectivity index (χ2v) is 7.75. The van der Waals surface area contributed by atoms with Crippen molar-refractivity contribution in [1.29, 1.82) is 0 Å². The first kappa shape index (κ1) is 26.1. The number of aliphatic imine (C=N–C) groups is 1. The minimum absolute atomic E-state index is 0. The fraction of sp³-hybridized carbons (Fsp3) is 0.571. The molecule has 1 aliphatic heterocycles. The zero-order valence-electron chi connectivity index (χ0n) is 18.6. The highest BCUT2D eigenvalue weighted by atomic mass is 127. The molecule has 3 rings (SSSR count). The van der Waals surface area contributed by atoms with E-state index in [2.05, 4.69) is 35.4 Å². The van der Waals surface area contributed by atoms with Crippen LogP contribution in [0.4, 0.5) is 14.5 Å². The molecule has 1 saturated heterocycles. The highest BCUT2D eigenvalue weighted by molar-refractivity contribution is 14.0. The van der Waals surface area contributed by atoms with Crippen LogP contribution in [0, 0.1) is 0 Å². The first-order chi connectivity index (χ1) is 14.9. The van der Waals surface area contributed by atoms with Crippen molar-refractivity contribution >= 4 is 35.6 Å². The lowest BCUT2D eigenvalue weighted by Crippen LogP contribution is -2.51. The Labute approximate surface area is 204 Å². The largest absolute Gasteiger partial charge is 0.435 e. The van der Waals surface area contributed by atoms with Crippen LogP contribution in [0.2, 0.25) is 0 Å². The molecule has 0 amide bonds. The van der Waals surface area contributed by atoms with Gasteiger partial charge in [0, 0.05) is 50.7 Å². The quantitative estimate of drug-likeness (QED) is 0.287. The molecule has 1 unspecified atom stereocenters. The smallest absolute Gasteiger partial charge is 0.387 e. The third-order valence-corrected chi connectivity index (χ3v) is 5.04. The molecule has 0 saturated carbocycles. The van der Waals surface area contributed by atoms with Gasteiger partial charge in [-0.05, 0) is 37.1 Å². The van der Waals surface area contributed by atoms with Gasteiger partial charge in [-0.3, -0.25) is 4.99 Å². The lowest BCUT2D eigenvalue weighted by Gasteiger charge is -2.35. The Balaban J connectivity index is 0.00000363. The number of alkyl halides is 2. The number of halogens is 3. The molecule has 178 valence electrons. The molecule has 2 N–H and O–H groups in total. The summed E-state index contributed by atoms with van der Waals surface area (Å²) in [6.07, 6.45) is 2.65. The van der Waals surface area contributed by atoms with Gasteiger partial charge in [-0.25, -0.2) is 0 Å². The van der Waals surface area contributed by atoms with Crippen molar-refractivity contribution in [3.8, 4) is 5.75 Å². The Bertz CT molecular complexity index is 847. The van der Waals surface area contributed by atoms with E-state index in [-0.39, 0.29) is 41.7 Å². The van der Waals surface area contributed by atoms with Gasteiger partial charge in [0.25, 0.3) is 0 Å². The lowest BCUT2D eigenvalue weighted by atomic mass is 10.0. The van der Waals surface area contributed by atoms with Crippen LogP contribution in [0.1, 0.15) is 44.3 Å². The number of anilines is 1. The topological polar surface area (TPSA) is 87.8 Å². The van der Waals surface area contributed by atoms with Crippen molar-refractivity contribution in [3.63, 3.8) is 0 Å². The van der Waals surface area contributed by atoms with Gasteiger partial charge in [0.2, 0.25) is 5.89 Å². The Morgan fingerprint density at radius 2 is 2.06 bits per heavy atom. The molecule has 0 bridgehead atoms. The van der Waals surface area contributed by atoms with Crippen LogP contribution in [0.5, 0.6) is 5.75 Å². The van der Waals surface area contributed by atoms with Crippen LogP contribution >= 0.6 is 24.0 Å². The van der Waals surface area contributed by atoms with Crippen molar-refractivity contribution < 1.29 is 18.0 Å². The maximum absolute atomic E-state index is 12.3. The molecule has 2 aromatic rings. The summed E-state index contributed by atoms with van der Waals surface area (Å²) in [5.74, 6) is 2.44. The predicted octanol–water partition coefficient (Wildman–Crippen LogP) is 3.79. The van der Waals surface area contributed by atoms with Gasteiger partial charge in [-0.1, -0.05) is 19.0 Å². The van der Waals surface area contributed by atoms with E-state index in [4.69, 9.17) is 4.52 Å². The molecule has 2 heterocycles. The number of piperidine rings is 1. The molecule has 1 aromatic heterocycles. The molecule has 1 atom stereocenters. The number of aromatic nitrogens is 2. The predicted molar refractivity (Wildman–Crippen MR) is 130 cm³/mol. The van der Waals surface area contributed by atoms with E-state index >= 15 is 0 Å². The molecule has 11 heteroatoms. The summed E-state index contributed by atoms with van der Waals surface area (Å²) < 4.78 is 34.3. The van der Waals surface area contributed by atoms with Crippen LogP contribution in [0.3, 0.4) is 0 Å². The molecule has 0 radical (unpaired) electrons. The number of ether oxygens (including phenoxy) is 1. The minimum Gasteiger partial charge on any atom is -0.435 e. The maximum Gasteiger partial charge on any atom is 0.387 e. The summed E-state index contributed by atoms with van der Waals surface area (Å²) in [7, 11) is 1.74. The normalized spacial score (nSPS) is 16.8. The van der Waals surface area contributed by atoms with E-state index in [0.29, 0.717) is 24.7 Å². The first-order valence-electron chi connectivity index (χ1n) is 10.5. The zero-order chi connectivity index (χ0) is 22.2. The van der Waals surface area contributed by atoms with E-state index in [0.717, 1.165) is 37.6 Å². The van der Waals surface area contributed by atoms with E-state index in [1.165, 1.54) is 0 Å². The molecular weight excluding hydrogens is 533 g/mol. The third kappa shape index (κ3) is 7.75. The summed E-state index contributed by atoms with van der Waals surface area (Å²) in [6, 6.07) is 6.97. The lowest BCUT2D eigenvalue weighted by molar-refractivity contribution is -0.0498. The average molecular weight is 564 g/mol. The van der Waals surface area contributed by atoms with Gasteiger partial charge in [0.05, 0.1) is 0 Å². The third-order valence-electron chi connectivity index (χ3n) is 5.04. The van der Waals surface area contributed by atoms with Crippen molar-refractivity contribution in [2.75, 3.05) is 31.6 Å². The summed E-state index contributed by atoms with van der Waals surface area (Å²) in [5.41, 5.74) is 0.980. The van der Waals surface area contributed by atoms with Crippen LogP contribution in [-0.4, -0.2) is 55.4 Å². The highest BCUT2D eigenvalue weighted by Crippen LogP contribution is 2.23. The molecule has 0 aliphatic carbocycles. The molecule has 8 nitrogen and oxygen atoms in total. The van der Waals surface area contributed by atoms with E-state index in [9.17, 15) is 8.78 Å². The number of guanidine groups is 1. The Morgan fingerprint density at radius 3 is 2.69 bits per heavy atom. The van der Waals surface area contributed by atoms with Gasteiger partial charge in [0.1, 0.15) is 5.75 Å². The molecular formula is C21H31F2IN6O2. The standard InChI is InChI=1S/C21H30F2N6O2.HI/c1-14(2)19-27-18(31-28-19)10-11-25-21(24-3)26-15-5-4-12-29(13-15)16-6-8-17(9-7-16)30-20(22)23;/h6-9,14-15,20H,4-5,10-13H2,1-3H3,(H2,24,25,26);1H. The first-order valence-corrected chi connectivity index (χ1v) is 10.5. The zero-order valence-corrected chi connectivity index (χ0v) is 20.9. The highest BCUT2D eigenvalue weighted by Gasteiger charge is 2.21. The Kier molecular flexibility index (Phi) is 10.4. The van der Waals surface area contributed by atoms with Crippen molar-refractivity contribution in [2.24, 2.45) is 4.99 Å². The summed E-state index contributed by atoms with van der Waals surface area (Å²) in [5, 5.41) is 10.7. The maximum atomic E-state index is 12.3. The monoisotopic (exact) mass is 564 g/mol. The van der Waals surface area contributed by atoms with Crippen molar-refractivity contribution in [3.05, 3.63) is 36.0 Å². The number of rotatable bonds is 8. The average Bonchev–Trinajstić information content (AvgIpc) is 3.23. The number of benzene rings is 1. The number of hydrogen-bond acceptors (Lipinski definition) is 6. The van der Waals surface area contributed by atoms with Crippen LogP contribution in [-0.2, 0) is 6.42 Å². The second-order valence-electron chi connectivity index (χ2n) is 7.75. The van der Waals surface area contributed by atoms with Crippen LogP contribution in [0.25, 0.3) is 0 Å². The Hall–Kier alpha value is -2.18.